The number of aromatic nitrogens is 16. The number of benzene rings is 4. The van der Waals surface area contributed by atoms with Crippen LogP contribution in [0.15, 0.2) is 183 Å². The van der Waals surface area contributed by atoms with Crippen molar-refractivity contribution in [2.24, 2.45) is 0 Å². The lowest BCUT2D eigenvalue weighted by atomic mass is 9.87. The van der Waals surface area contributed by atoms with Crippen LogP contribution in [0.5, 0.6) is 0 Å². The molecule has 20 aromatic rings. The summed E-state index contributed by atoms with van der Waals surface area (Å²) in [6.07, 6.45) is 26.9. The van der Waals surface area contributed by atoms with Crippen molar-refractivity contribution in [1.29, 1.82) is 0 Å². The Morgan fingerprint density at radius 3 is 0.568 bits per heavy atom. The first-order valence-electron chi connectivity index (χ1n) is 47.9. The van der Waals surface area contributed by atoms with Crippen molar-refractivity contribution in [1.82, 2.24) is 79.7 Å². The van der Waals surface area contributed by atoms with Crippen molar-refractivity contribution in [2.75, 3.05) is 19.6 Å². The van der Waals surface area contributed by atoms with Gasteiger partial charge in [-0.3, -0.25) is 44.9 Å². The van der Waals surface area contributed by atoms with Gasteiger partial charge in [-0.05, 0) is 211 Å². The highest BCUT2D eigenvalue weighted by molar-refractivity contribution is 6.34. The van der Waals surface area contributed by atoms with Gasteiger partial charge in [0, 0.05) is 132 Å². The number of aryl methyl sites for hydroxylation is 16. The van der Waals surface area contributed by atoms with E-state index < -0.39 is 0 Å². The molecule has 0 atom stereocenters. The van der Waals surface area contributed by atoms with Crippen LogP contribution in [-0.4, -0.2) is 79.7 Å². The summed E-state index contributed by atoms with van der Waals surface area (Å²) in [5, 5.41) is 6.86. The Hall–Kier alpha value is -14.4. The third kappa shape index (κ3) is 13.5. The van der Waals surface area contributed by atoms with Crippen LogP contribution in [0.25, 0.3) is 120 Å². The van der Waals surface area contributed by atoms with E-state index in [9.17, 15) is 0 Å². The summed E-state index contributed by atoms with van der Waals surface area (Å²) < 4.78 is 0. The molecule has 0 fully saturated rings. The smallest absolute Gasteiger partial charge is 0.0939 e. The Balaban J connectivity index is 1.12. The molecule has 16 aromatic heterocycles. The lowest BCUT2D eigenvalue weighted by Gasteiger charge is -2.38. The molecule has 0 amide bonds. The maximum Gasteiger partial charge on any atom is 0.0939 e. The summed E-state index contributed by atoms with van der Waals surface area (Å²) in [6.45, 7) is 36.2. The molecule has 0 radical (unpaired) electrons. The summed E-state index contributed by atoms with van der Waals surface area (Å²) in [6, 6.07) is 45.8. The van der Waals surface area contributed by atoms with Crippen molar-refractivity contribution in [3.63, 3.8) is 0 Å². The molecule has 20 heteroatoms. The predicted octanol–water partition coefficient (Wildman–Crippen LogP) is 27.0. The Morgan fingerprint density at radius 1 is 0.189 bits per heavy atom. The maximum atomic E-state index is 5.87. The molecule has 658 valence electrons. The minimum atomic E-state index is 0.579. The summed E-state index contributed by atoms with van der Waals surface area (Å²) in [5.74, 6) is 0. The molecule has 4 aromatic carbocycles. The van der Waals surface area contributed by atoms with Gasteiger partial charge in [0.15, 0.2) is 0 Å². The minimum Gasteiger partial charge on any atom is -0.305 e. The zero-order valence-corrected chi connectivity index (χ0v) is 78.6. The first-order chi connectivity index (χ1) is 64.8. The zero-order valence-electron chi connectivity index (χ0n) is 78.6. The molecule has 132 heavy (non-hydrogen) atoms. The van der Waals surface area contributed by atoms with Crippen molar-refractivity contribution in [2.45, 2.75) is 214 Å². The van der Waals surface area contributed by atoms with Crippen LogP contribution in [0.4, 0.5) is 68.2 Å². The van der Waals surface area contributed by atoms with Crippen molar-refractivity contribution < 1.29 is 0 Å². The highest BCUT2D eigenvalue weighted by Crippen LogP contribution is 2.61. The first-order valence-corrected chi connectivity index (χ1v) is 47.9. The highest BCUT2D eigenvalue weighted by atomic mass is 15.2. The predicted molar refractivity (Wildman–Crippen MR) is 544 cm³/mol. The van der Waals surface area contributed by atoms with E-state index in [1.54, 1.807) is 0 Å². The van der Waals surface area contributed by atoms with Crippen molar-refractivity contribution >= 4 is 189 Å². The quantitative estimate of drug-likeness (QED) is 0.0416. The number of nitrogens with zero attached hydrogens (tertiary/aromatic N) is 20. The van der Waals surface area contributed by atoms with Gasteiger partial charge in [0.1, 0.15) is 0 Å². The molecule has 0 saturated carbocycles. The standard InChI is InChI=1S/C112H110N20/c1-17-63-75-62-113-59-51-84(75)121-76(25-9)105(63)129(106-64(18-2)98-85(40-33-52-114-98)122-77(106)26-10)92-60-93(130(107-65(19-3)99-86(41-34-53-115-99)123-78(107)27-11)108-66(20-4)100-87(42-35-54-116-100)124-79(108)28-12)72-49-50-74-95(132(111-69(23-7)103-90(45-38-57-119-103)127-82(111)31-15)112-70(24-8)104-91(46-39-58-120-104)128-83(112)32-16)61-94(73-48-47-71(92)96(72)97(73)74)131(109-67(21-5)101-88(43-36-55-117-101)125-80(109)29-13)110-68(22-6)102-89(44-37-56-118-102)126-81(110)30-14/h33-62H,17-32H2,1-16H3. The largest absolute Gasteiger partial charge is 0.305 e. The topological polar surface area (TPSA) is 219 Å². The second-order valence-electron chi connectivity index (χ2n) is 34.0. The van der Waals surface area contributed by atoms with Crippen LogP contribution < -0.4 is 19.6 Å². The Morgan fingerprint density at radius 2 is 0.379 bits per heavy atom. The van der Waals surface area contributed by atoms with Gasteiger partial charge in [-0.2, -0.15) is 0 Å². The van der Waals surface area contributed by atoms with Crippen LogP contribution in [-0.2, 0) is 103 Å². The molecule has 0 bridgehead atoms. The lowest BCUT2D eigenvalue weighted by molar-refractivity contribution is 0.973. The third-order valence-electron chi connectivity index (χ3n) is 27.2. The molecule has 0 spiro atoms. The average Bonchev–Trinajstić information content (AvgIpc) is 0.685. The second-order valence-corrected chi connectivity index (χ2v) is 34.0. The molecule has 0 saturated heterocycles. The number of hydrogen-bond acceptors (Lipinski definition) is 20. The summed E-state index contributed by atoms with van der Waals surface area (Å²) in [7, 11) is 0. The fourth-order valence-electron chi connectivity index (χ4n) is 21.5. The van der Waals surface area contributed by atoms with E-state index in [2.05, 4.69) is 215 Å². The van der Waals surface area contributed by atoms with Gasteiger partial charge in [0.25, 0.3) is 0 Å². The summed E-state index contributed by atoms with van der Waals surface area (Å²) >= 11 is 0. The van der Waals surface area contributed by atoms with E-state index in [-0.39, 0.29) is 0 Å². The van der Waals surface area contributed by atoms with E-state index in [1.807, 2.05) is 98.2 Å². The molecule has 16 heterocycles. The molecule has 0 aliphatic rings. The molecular weight excluding hydrogens is 1630 g/mol. The average molecular weight is 1740 g/mol. The van der Waals surface area contributed by atoms with E-state index in [0.717, 1.165) is 279 Å². The molecule has 20 nitrogen and oxygen atoms in total. The zero-order chi connectivity index (χ0) is 91.0. The third-order valence-corrected chi connectivity index (χ3v) is 27.2. The van der Waals surface area contributed by atoms with Gasteiger partial charge in [-0.1, -0.05) is 135 Å². The Kier molecular flexibility index (Phi) is 23.0. The number of fused-ring (bicyclic) bond motifs is 8. The van der Waals surface area contributed by atoms with Crippen molar-refractivity contribution in [3.05, 3.63) is 273 Å². The fraction of sp³-hybridized carbons (Fsp3) is 0.286. The van der Waals surface area contributed by atoms with Crippen molar-refractivity contribution in [3.8, 4) is 0 Å². The van der Waals surface area contributed by atoms with Gasteiger partial charge in [-0.25, -0.2) is 34.9 Å². The fourth-order valence-corrected chi connectivity index (χ4v) is 21.5. The van der Waals surface area contributed by atoms with E-state index in [4.69, 9.17) is 79.7 Å². The molecule has 0 aliphatic carbocycles. The van der Waals surface area contributed by atoms with Gasteiger partial charge < -0.3 is 19.6 Å². The number of pyridine rings is 16. The summed E-state index contributed by atoms with van der Waals surface area (Å²) in [4.78, 5) is 100.0. The molecular formula is C112H110N20. The Labute approximate surface area is 770 Å². The van der Waals surface area contributed by atoms with Crippen LogP contribution in [0.2, 0.25) is 0 Å². The number of anilines is 12. The van der Waals surface area contributed by atoms with Gasteiger partial charge in [-0.15, -0.1) is 0 Å². The maximum absolute atomic E-state index is 5.87. The first kappa shape index (κ1) is 85.7. The second kappa shape index (κ2) is 35.5. The van der Waals surface area contributed by atoms with Gasteiger partial charge in [0.2, 0.25) is 0 Å². The molecule has 20 rings (SSSR count). The van der Waals surface area contributed by atoms with Gasteiger partial charge in [0.05, 0.1) is 197 Å². The van der Waals surface area contributed by atoms with Crippen LogP contribution in [0.3, 0.4) is 0 Å². The monoisotopic (exact) mass is 1730 g/mol. The molecule has 0 unspecified atom stereocenters. The number of rotatable bonds is 28. The van der Waals surface area contributed by atoms with Gasteiger partial charge >= 0.3 is 0 Å². The summed E-state index contributed by atoms with van der Waals surface area (Å²) in [5.41, 5.74) is 39.6. The Bertz CT molecular complexity index is 6700. The molecule has 0 N–H and O–H groups in total. The van der Waals surface area contributed by atoms with E-state index in [1.165, 1.54) is 0 Å². The minimum absolute atomic E-state index is 0.579. The lowest BCUT2D eigenvalue weighted by Crippen LogP contribution is -2.23. The van der Waals surface area contributed by atoms with Crippen LogP contribution in [0.1, 0.15) is 201 Å². The highest BCUT2D eigenvalue weighted by Gasteiger charge is 2.40. The molecule has 0 aliphatic heterocycles. The number of hydrogen-bond donors (Lipinski definition) is 0. The normalized spacial score (nSPS) is 12.0. The van der Waals surface area contributed by atoms with Crippen LogP contribution in [0, 0.1) is 0 Å². The van der Waals surface area contributed by atoms with Crippen LogP contribution >= 0.6 is 0 Å². The SMILES string of the molecule is CCc1nc2ccncc2c(CC)c1N(c1c(CC)nc2cccnc2c1CC)c1cc(N(c2c(CC)nc3cccnc3c2CC)c2c(CC)nc3cccnc3c2CC)c2ccc3c(N(c4c(CC)nc5cccnc5c4CC)c4c(CC)nc5cccnc5c4CC)cc(N(c4c(CC)nc5cccnc5c4CC)c4c(CC)nc5cccnc5c4CC)c4ccc1c2c43. The van der Waals surface area contributed by atoms with E-state index >= 15 is 0 Å². The van der Waals surface area contributed by atoms with E-state index in [0.29, 0.717) is 103 Å².